The molecule has 0 radical (unpaired) electrons. The summed E-state index contributed by atoms with van der Waals surface area (Å²) in [7, 11) is 1.28. The minimum Gasteiger partial charge on any atom is -0.486 e. The Labute approximate surface area is 220 Å². The Bertz CT molecular complexity index is 1540. The first kappa shape index (κ1) is 24.8. The van der Waals surface area contributed by atoms with Gasteiger partial charge in [0.05, 0.1) is 13.7 Å². The normalized spacial score (nSPS) is 13.1. The summed E-state index contributed by atoms with van der Waals surface area (Å²) >= 11 is 0. The Hall–Kier alpha value is -4.85. The molecule has 0 aliphatic carbocycles. The summed E-state index contributed by atoms with van der Waals surface area (Å²) in [5, 5.41) is 9.89. The monoisotopic (exact) mass is 508 g/mol. The number of benzene rings is 3. The highest BCUT2D eigenvalue weighted by molar-refractivity contribution is 6.02. The predicted molar refractivity (Wildman–Crippen MR) is 147 cm³/mol. The first-order valence-electron chi connectivity index (χ1n) is 12.3. The van der Waals surface area contributed by atoms with Crippen LogP contribution < -0.4 is 5.32 Å². The van der Waals surface area contributed by atoms with Crippen molar-refractivity contribution in [1.82, 2.24) is 15.3 Å². The first-order valence-corrected chi connectivity index (χ1v) is 12.3. The number of carbonyl (C=O) groups excluding carboxylic acids is 2. The summed E-state index contributed by atoms with van der Waals surface area (Å²) in [6.45, 7) is 2.12. The van der Waals surface area contributed by atoms with Crippen molar-refractivity contribution in [2.24, 2.45) is 5.10 Å². The van der Waals surface area contributed by atoms with Crippen molar-refractivity contribution in [2.75, 3.05) is 13.7 Å². The van der Waals surface area contributed by atoms with Gasteiger partial charge in [-0.2, -0.15) is 5.10 Å². The molecule has 0 bridgehead atoms. The van der Waals surface area contributed by atoms with E-state index in [1.807, 2.05) is 54.7 Å². The zero-order chi connectivity index (χ0) is 26.5. The number of rotatable bonds is 8. The van der Waals surface area contributed by atoms with Gasteiger partial charge in [-0.15, -0.1) is 0 Å². The van der Waals surface area contributed by atoms with Crippen LogP contribution in [0.2, 0.25) is 0 Å². The number of hydrogen-bond donors (Lipinski definition) is 2. The van der Waals surface area contributed by atoms with Gasteiger partial charge in [-0.3, -0.25) is 14.6 Å². The topological polar surface area (TPSA) is 96.0 Å². The molecular formula is C30H28N4O4. The average Bonchev–Trinajstić information content (AvgIpc) is 3.42. The molecule has 0 saturated carbocycles. The average molecular weight is 509 g/mol. The number of fused-ring (bicyclic) bond motifs is 2. The van der Waals surface area contributed by atoms with Gasteiger partial charge in [0.2, 0.25) is 0 Å². The molecule has 0 atom stereocenters. The van der Waals surface area contributed by atoms with Gasteiger partial charge in [-0.25, -0.2) is 0 Å². The molecule has 0 unspecified atom stereocenters. The van der Waals surface area contributed by atoms with Crippen LogP contribution >= 0.6 is 0 Å². The highest BCUT2D eigenvalue weighted by Crippen LogP contribution is 2.39. The van der Waals surface area contributed by atoms with E-state index in [2.05, 4.69) is 39.7 Å². The van der Waals surface area contributed by atoms with E-state index in [-0.39, 0.29) is 18.8 Å². The second kappa shape index (κ2) is 11.0. The van der Waals surface area contributed by atoms with Gasteiger partial charge in [0, 0.05) is 23.5 Å². The number of ether oxygens (including phenoxy) is 2. The summed E-state index contributed by atoms with van der Waals surface area (Å²) < 4.78 is 11.1. The van der Waals surface area contributed by atoms with Crippen molar-refractivity contribution < 1.29 is 19.1 Å². The van der Waals surface area contributed by atoms with Crippen molar-refractivity contribution in [3.8, 4) is 11.1 Å². The minimum atomic E-state index is -0.547. The lowest BCUT2D eigenvalue weighted by atomic mass is 9.91. The molecule has 3 aromatic carbocycles. The molecule has 2 heterocycles. The van der Waals surface area contributed by atoms with Gasteiger partial charge in [0.1, 0.15) is 13.2 Å². The fourth-order valence-electron chi connectivity index (χ4n) is 4.57. The molecule has 38 heavy (non-hydrogen) atoms. The largest absolute Gasteiger partial charge is 0.486 e. The standard InChI is InChI=1S/C30H28N4O4/c1-3-33-34-18-25-23(22-13-12-21-14-15-31-26(21)16-22)10-7-11-24(25)29(38-19-20-8-5-4-6-9-20)28(34)30(36)32-17-27(35)37-2/h3-16,31H,17-19H2,1-2H3,(H,32,36)/b33-3-. The number of hydrogen-bond acceptors (Lipinski definition) is 6. The number of esters is 1. The van der Waals surface area contributed by atoms with Crippen molar-refractivity contribution in [3.05, 3.63) is 101 Å². The first-order chi connectivity index (χ1) is 18.6. The van der Waals surface area contributed by atoms with Crippen LogP contribution in [0.15, 0.2) is 89.8 Å². The Kier molecular flexibility index (Phi) is 7.21. The maximum Gasteiger partial charge on any atom is 0.325 e. The molecule has 192 valence electrons. The maximum absolute atomic E-state index is 13.4. The smallest absolute Gasteiger partial charge is 0.325 e. The lowest BCUT2D eigenvalue weighted by Gasteiger charge is -2.32. The summed E-state index contributed by atoms with van der Waals surface area (Å²) in [6.07, 6.45) is 3.55. The third kappa shape index (κ3) is 5.01. The Morgan fingerprint density at radius 3 is 2.66 bits per heavy atom. The quantitative estimate of drug-likeness (QED) is 0.263. The molecule has 1 amide bonds. The fraction of sp³-hybridized carbons (Fsp3) is 0.167. The highest BCUT2D eigenvalue weighted by Gasteiger charge is 2.33. The van der Waals surface area contributed by atoms with Crippen molar-refractivity contribution in [3.63, 3.8) is 0 Å². The highest BCUT2D eigenvalue weighted by atomic mass is 16.5. The minimum absolute atomic E-state index is 0.229. The van der Waals surface area contributed by atoms with Crippen LogP contribution in [0.1, 0.15) is 23.6 Å². The second-order valence-electron chi connectivity index (χ2n) is 8.75. The van der Waals surface area contributed by atoms with Crippen LogP contribution in [0, 0.1) is 0 Å². The van der Waals surface area contributed by atoms with Crippen LogP contribution in [0.3, 0.4) is 0 Å². The zero-order valence-electron chi connectivity index (χ0n) is 21.2. The number of methoxy groups -OCH3 is 1. The fourth-order valence-corrected chi connectivity index (χ4v) is 4.57. The Balaban J connectivity index is 1.63. The van der Waals surface area contributed by atoms with Crippen molar-refractivity contribution in [2.45, 2.75) is 20.1 Å². The van der Waals surface area contributed by atoms with E-state index in [0.29, 0.717) is 12.3 Å². The van der Waals surface area contributed by atoms with Gasteiger partial charge in [0.15, 0.2) is 11.5 Å². The van der Waals surface area contributed by atoms with Crippen LogP contribution in [0.25, 0.3) is 27.8 Å². The molecule has 0 fully saturated rings. The number of hydrazone groups is 1. The number of aromatic nitrogens is 1. The molecular weight excluding hydrogens is 480 g/mol. The van der Waals surface area contributed by atoms with Crippen LogP contribution in [-0.2, 0) is 32.2 Å². The zero-order valence-corrected chi connectivity index (χ0v) is 21.2. The molecule has 8 nitrogen and oxygen atoms in total. The van der Waals surface area contributed by atoms with Gasteiger partial charge in [0.25, 0.3) is 5.91 Å². The number of amides is 1. The van der Waals surface area contributed by atoms with Crippen LogP contribution in [0.4, 0.5) is 0 Å². The van der Waals surface area contributed by atoms with E-state index in [0.717, 1.165) is 38.7 Å². The van der Waals surface area contributed by atoms with E-state index in [1.54, 1.807) is 18.1 Å². The van der Waals surface area contributed by atoms with E-state index in [1.165, 1.54) is 7.11 Å². The Morgan fingerprint density at radius 1 is 1.05 bits per heavy atom. The summed E-state index contributed by atoms with van der Waals surface area (Å²) in [5.74, 6) is -0.631. The summed E-state index contributed by atoms with van der Waals surface area (Å²) in [5.41, 5.74) is 6.07. The van der Waals surface area contributed by atoms with Crippen molar-refractivity contribution >= 4 is 34.8 Å². The van der Waals surface area contributed by atoms with E-state index in [9.17, 15) is 9.59 Å². The number of aromatic amines is 1. The van der Waals surface area contributed by atoms with Gasteiger partial charge >= 0.3 is 5.97 Å². The summed E-state index contributed by atoms with van der Waals surface area (Å²) in [6, 6.07) is 24.0. The molecule has 1 aliphatic rings. The summed E-state index contributed by atoms with van der Waals surface area (Å²) in [4.78, 5) is 28.5. The molecule has 4 aromatic rings. The van der Waals surface area contributed by atoms with E-state index in [4.69, 9.17) is 9.47 Å². The molecule has 1 aliphatic heterocycles. The molecule has 0 saturated heterocycles. The maximum atomic E-state index is 13.4. The SMILES string of the molecule is C/C=N\N1Cc2c(cccc2-c2ccc3cc[nH]c3c2)C(OCc2ccccc2)=C1C(=O)NCC(=O)OC. The molecule has 0 spiro atoms. The number of carbonyl (C=O) groups is 2. The number of H-pyrrole nitrogens is 1. The van der Waals surface area contributed by atoms with Gasteiger partial charge < -0.3 is 19.8 Å². The second-order valence-corrected chi connectivity index (χ2v) is 8.75. The van der Waals surface area contributed by atoms with Gasteiger partial charge in [-0.1, -0.05) is 60.7 Å². The third-order valence-corrected chi connectivity index (χ3v) is 6.38. The number of nitrogens with zero attached hydrogens (tertiary/aromatic N) is 2. The van der Waals surface area contributed by atoms with E-state index < -0.39 is 11.9 Å². The van der Waals surface area contributed by atoms with Gasteiger partial charge in [-0.05, 0) is 46.7 Å². The molecule has 5 rings (SSSR count). The lowest BCUT2D eigenvalue weighted by molar-refractivity contribution is -0.140. The molecule has 1 aromatic heterocycles. The van der Waals surface area contributed by atoms with Crippen LogP contribution in [-0.4, -0.2) is 41.7 Å². The molecule has 8 heteroatoms. The third-order valence-electron chi connectivity index (χ3n) is 6.38. The van der Waals surface area contributed by atoms with E-state index >= 15 is 0 Å². The van der Waals surface area contributed by atoms with Crippen molar-refractivity contribution in [1.29, 1.82) is 0 Å². The Morgan fingerprint density at radius 2 is 1.87 bits per heavy atom. The molecule has 2 N–H and O–H groups in total. The van der Waals surface area contributed by atoms with Crippen LogP contribution in [0.5, 0.6) is 0 Å². The number of nitrogens with one attached hydrogen (secondary N) is 2. The lowest BCUT2D eigenvalue weighted by Crippen LogP contribution is -2.38. The predicted octanol–water partition coefficient (Wildman–Crippen LogP) is 4.83.